The van der Waals surface area contributed by atoms with Crippen LogP contribution in [0.1, 0.15) is 22.3 Å². The van der Waals surface area contributed by atoms with Crippen molar-refractivity contribution in [1.82, 2.24) is 0 Å². The largest absolute Gasteiger partial charge is 0.192 e. The summed E-state index contributed by atoms with van der Waals surface area (Å²) in [7, 11) is 0. The van der Waals surface area contributed by atoms with Crippen LogP contribution in [0.5, 0.6) is 0 Å². The van der Waals surface area contributed by atoms with Crippen LogP contribution in [0.2, 0.25) is 0 Å². The number of allylic oxidation sites excluding steroid dienone is 1. The van der Waals surface area contributed by atoms with E-state index in [0.717, 1.165) is 54.9 Å². The molecule has 7 rings (SSSR count). The van der Waals surface area contributed by atoms with E-state index < -0.39 is 0 Å². The molecule has 6 aromatic rings. The van der Waals surface area contributed by atoms with E-state index in [1.165, 1.54) is 0 Å². The Kier molecular flexibility index (Phi) is 5.63. The molecule has 0 heterocycles. The molecule has 0 saturated heterocycles. The van der Waals surface area contributed by atoms with Crippen molar-refractivity contribution in [3.8, 4) is 57.7 Å². The van der Waals surface area contributed by atoms with Crippen LogP contribution in [0, 0.1) is 45.3 Å². The van der Waals surface area contributed by atoms with E-state index in [1.807, 2.05) is 97.1 Å². The summed E-state index contributed by atoms with van der Waals surface area (Å²) >= 11 is 0. The second-order valence-corrected chi connectivity index (χ2v) is 10.2. The summed E-state index contributed by atoms with van der Waals surface area (Å²) in [6.07, 6.45) is 0. The highest BCUT2D eigenvalue weighted by Crippen LogP contribution is 2.50. The second-order valence-electron chi connectivity index (χ2n) is 10.2. The maximum Gasteiger partial charge on any atom is 0.138 e. The van der Waals surface area contributed by atoms with Gasteiger partial charge in [-0.15, -0.1) is 0 Å². The fourth-order valence-corrected chi connectivity index (χ4v) is 5.99. The van der Waals surface area contributed by atoms with Crippen molar-refractivity contribution in [1.29, 1.82) is 21.0 Å². The van der Waals surface area contributed by atoms with Gasteiger partial charge in [0.25, 0.3) is 0 Å². The summed E-state index contributed by atoms with van der Waals surface area (Å²) in [6, 6.07) is 44.6. The Hall–Kier alpha value is -6.46. The van der Waals surface area contributed by atoms with E-state index in [0.29, 0.717) is 27.8 Å². The van der Waals surface area contributed by atoms with Crippen LogP contribution in [0.15, 0.2) is 115 Å². The van der Waals surface area contributed by atoms with Crippen molar-refractivity contribution >= 4 is 27.1 Å². The van der Waals surface area contributed by atoms with Crippen molar-refractivity contribution in [2.24, 2.45) is 0 Å². The summed E-state index contributed by atoms with van der Waals surface area (Å²) in [6.45, 7) is 0. The van der Waals surface area contributed by atoms with Crippen LogP contribution >= 0.6 is 0 Å². The van der Waals surface area contributed by atoms with Crippen molar-refractivity contribution in [2.75, 3.05) is 0 Å². The number of fused-ring (bicyclic) bond motifs is 5. The van der Waals surface area contributed by atoms with Crippen LogP contribution in [-0.2, 0) is 0 Å². The van der Waals surface area contributed by atoms with Crippen LogP contribution in [0.25, 0.3) is 60.5 Å². The smallest absolute Gasteiger partial charge is 0.138 e. The number of hydrogen-bond acceptors (Lipinski definition) is 4. The molecule has 0 aromatic heterocycles. The van der Waals surface area contributed by atoms with Gasteiger partial charge in [-0.2, -0.15) is 21.0 Å². The van der Waals surface area contributed by atoms with Crippen LogP contribution in [0.3, 0.4) is 0 Å². The Morgan fingerprint density at radius 1 is 0.405 bits per heavy atom. The summed E-state index contributed by atoms with van der Waals surface area (Å²) in [5.74, 6) is 0. The molecule has 0 spiro atoms. The van der Waals surface area contributed by atoms with E-state index in [1.54, 1.807) is 12.1 Å². The second kappa shape index (κ2) is 9.62. The molecule has 0 N–H and O–H groups in total. The monoisotopic (exact) mass is 530 g/mol. The fraction of sp³-hybridized carbons (Fsp3) is 0. The highest BCUT2D eigenvalue weighted by atomic mass is 14.4. The Labute approximate surface area is 242 Å². The molecule has 0 amide bonds. The average molecular weight is 531 g/mol. The van der Waals surface area contributed by atoms with Gasteiger partial charge in [0.15, 0.2) is 0 Å². The van der Waals surface area contributed by atoms with E-state index in [2.05, 4.69) is 24.3 Å². The van der Waals surface area contributed by atoms with Gasteiger partial charge in [0.2, 0.25) is 0 Å². The van der Waals surface area contributed by atoms with Gasteiger partial charge in [-0.3, -0.25) is 0 Å². The quantitative estimate of drug-likeness (QED) is 0.209. The van der Waals surface area contributed by atoms with E-state index in [4.69, 9.17) is 0 Å². The molecule has 42 heavy (non-hydrogen) atoms. The molecule has 0 unspecified atom stereocenters. The first-order valence-corrected chi connectivity index (χ1v) is 13.3. The SMILES string of the molecule is N#CC(C#N)=C1c2cc(C#N)c(-c3ccc4ccccc4c3)cc2-c2cc(-c3ccc4ccccc4c3)c(C#N)cc21. The molecule has 4 nitrogen and oxygen atoms in total. The van der Waals surface area contributed by atoms with Gasteiger partial charge in [-0.1, -0.05) is 72.8 Å². The lowest BCUT2D eigenvalue weighted by Crippen LogP contribution is -1.92. The minimum Gasteiger partial charge on any atom is -0.192 e. The molecule has 0 fully saturated rings. The molecule has 6 aromatic carbocycles. The van der Waals surface area contributed by atoms with Gasteiger partial charge < -0.3 is 0 Å². The van der Waals surface area contributed by atoms with Crippen LogP contribution in [-0.4, -0.2) is 0 Å². The molecule has 0 saturated carbocycles. The topological polar surface area (TPSA) is 95.2 Å². The number of benzene rings is 6. The van der Waals surface area contributed by atoms with E-state index in [-0.39, 0.29) is 5.57 Å². The molecule has 0 aliphatic heterocycles. The third-order valence-electron chi connectivity index (χ3n) is 7.98. The summed E-state index contributed by atoms with van der Waals surface area (Å²) in [4.78, 5) is 0. The van der Waals surface area contributed by atoms with Gasteiger partial charge in [-0.25, -0.2) is 0 Å². The lowest BCUT2D eigenvalue weighted by Gasteiger charge is -2.12. The zero-order valence-corrected chi connectivity index (χ0v) is 22.2. The molecule has 0 atom stereocenters. The van der Waals surface area contributed by atoms with Crippen molar-refractivity contribution in [3.05, 3.63) is 137 Å². The Morgan fingerprint density at radius 3 is 1.24 bits per heavy atom. The van der Waals surface area contributed by atoms with Crippen LogP contribution < -0.4 is 0 Å². The van der Waals surface area contributed by atoms with Gasteiger partial charge in [-0.05, 0) is 91.3 Å². The maximum absolute atomic E-state index is 10.2. The van der Waals surface area contributed by atoms with E-state index >= 15 is 0 Å². The molecule has 4 heteroatoms. The minimum atomic E-state index is -0.0558. The Morgan fingerprint density at radius 2 is 0.833 bits per heavy atom. The van der Waals surface area contributed by atoms with Gasteiger partial charge in [0.05, 0.1) is 23.3 Å². The van der Waals surface area contributed by atoms with Crippen LogP contribution in [0.4, 0.5) is 0 Å². The number of hydrogen-bond donors (Lipinski definition) is 0. The summed E-state index contributed by atoms with van der Waals surface area (Å²) < 4.78 is 0. The first-order valence-electron chi connectivity index (χ1n) is 13.3. The van der Waals surface area contributed by atoms with Crippen molar-refractivity contribution in [2.45, 2.75) is 0 Å². The molecule has 0 bridgehead atoms. The Balaban J connectivity index is 1.52. The zero-order valence-electron chi connectivity index (χ0n) is 22.2. The summed E-state index contributed by atoms with van der Waals surface area (Å²) in [5, 5.41) is 44.5. The molecule has 0 radical (unpaired) electrons. The maximum atomic E-state index is 10.2. The molecular weight excluding hydrogens is 512 g/mol. The predicted octanol–water partition coefficient (Wildman–Crippen LogP) is 8.90. The van der Waals surface area contributed by atoms with E-state index in [9.17, 15) is 21.0 Å². The summed E-state index contributed by atoms with van der Waals surface area (Å²) in [5.41, 5.74) is 7.53. The zero-order chi connectivity index (χ0) is 28.8. The molecule has 1 aliphatic carbocycles. The third kappa shape index (κ3) is 3.73. The van der Waals surface area contributed by atoms with Crippen molar-refractivity contribution in [3.63, 3.8) is 0 Å². The van der Waals surface area contributed by atoms with Gasteiger partial charge in [0, 0.05) is 16.7 Å². The minimum absolute atomic E-state index is 0.0558. The molecule has 190 valence electrons. The lowest BCUT2D eigenvalue weighted by molar-refractivity contribution is 1.45. The highest BCUT2D eigenvalue weighted by Gasteiger charge is 2.30. The first kappa shape index (κ1) is 24.6. The highest BCUT2D eigenvalue weighted by molar-refractivity contribution is 6.07. The first-order chi connectivity index (χ1) is 20.6. The average Bonchev–Trinajstić information content (AvgIpc) is 3.35. The standard InChI is InChI=1S/C38H18N4/c39-19-29-15-36-34(17-32(29)27-11-9-23-5-1-3-7-25(23)13-27)35-18-33(28-12-10-24-6-2-4-8-26(24)14-28)30(20-40)16-37(35)38(36)31(21-41)22-42/h1-18H. The fourth-order valence-electron chi connectivity index (χ4n) is 5.99. The number of rotatable bonds is 2. The molecule has 1 aliphatic rings. The Bertz CT molecular complexity index is 2180. The third-order valence-corrected chi connectivity index (χ3v) is 7.98. The van der Waals surface area contributed by atoms with Crippen molar-refractivity contribution < 1.29 is 0 Å². The number of nitrogens with zero attached hydrogens (tertiary/aromatic N) is 4. The normalized spacial score (nSPS) is 11.2. The van der Waals surface area contributed by atoms with Gasteiger partial charge in [0.1, 0.15) is 17.7 Å². The molecular formula is C38H18N4. The van der Waals surface area contributed by atoms with Gasteiger partial charge >= 0.3 is 0 Å². The predicted molar refractivity (Wildman–Crippen MR) is 164 cm³/mol. The lowest BCUT2D eigenvalue weighted by atomic mass is 9.91. The number of nitriles is 4.